The number of phenolic OH excluding ortho intramolecular Hbond substituents is 1. The fourth-order valence-electron chi connectivity index (χ4n) is 1.80. The molecule has 0 aliphatic carbocycles. The van der Waals surface area contributed by atoms with Crippen molar-refractivity contribution in [2.24, 2.45) is 0 Å². The van der Waals surface area contributed by atoms with Crippen molar-refractivity contribution in [3.8, 4) is 17.0 Å². The maximum absolute atomic E-state index is 12.1. The molecular weight excluding hydrogens is 326 g/mol. The zero-order chi connectivity index (χ0) is 15.7. The summed E-state index contributed by atoms with van der Waals surface area (Å²) in [5, 5.41) is 28.4. The van der Waals surface area contributed by atoms with Gasteiger partial charge in [0.25, 0.3) is 5.91 Å². The number of aryl methyl sites for hydroxylation is 1. The van der Waals surface area contributed by atoms with Crippen molar-refractivity contribution in [2.45, 2.75) is 6.92 Å². The van der Waals surface area contributed by atoms with Gasteiger partial charge in [0, 0.05) is 10.6 Å². The molecule has 2 aromatic heterocycles. The van der Waals surface area contributed by atoms with E-state index in [0.29, 0.717) is 21.4 Å². The maximum atomic E-state index is 12.1. The SMILES string of the molecule is Cc1nnc(NC(=O)c2cc(-c3cc(Cl)ccc3O)n[nH]2)s1. The Hall–Kier alpha value is -2.45. The third-order valence-corrected chi connectivity index (χ3v) is 3.79. The number of hydrogen-bond donors (Lipinski definition) is 3. The summed E-state index contributed by atoms with van der Waals surface area (Å²) in [5.74, 6) is -0.362. The third-order valence-electron chi connectivity index (χ3n) is 2.80. The summed E-state index contributed by atoms with van der Waals surface area (Å²) in [6, 6.07) is 6.13. The van der Waals surface area contributed by atoms with E-state index in [1.807, 2.05) is 0 Å². The molecule has 1 aromatic carbocycles. The third kappa shape index (κ3) is 2.92. The van der Waals surface area contributed by atoms with Gasteiger partial charge in [0.05, 0.1) is 5.69 Å². The molecule has 0 bridgehead atoms. The van der Waals surface area contributed by atoms with Crippen LogP contribution in [-0.4, -0.2) is 31.4 Å². The number of benzene rings is 1. The molecule has 0 aliphatic heterocycles. The van der Waals surface area contributed by atoms with Gasteiger partial charge in [-0.25, -0.2) is 0 Å². The molecule has 9 heteroatoms. The number of anilines is 1. The molecule has 0 spiro atoms. The fourth-order valence-corrected chi connectivity index (χ4v) is 2.56. The molecule has 3 aromatic rings. The minimum Gasteiger partial charge on any atom is -0.507 e. The van der Waals surface area contributed by atoms with Gasteiger partial charge in [-0.05, 0) is 31.2 Å². The van der Waals surface area contributed by atoms with E-state index in [0.717, 1.165) is 5.01 Å². The van der Waals surface area contributed by atoms with Crippen LogP contribution in [0.2, 0.25) is 5.02 Å². The zero-order valence-electron chi connectivity index (χ0n) is 11.3. The van der Waals surface area contributed by atoms with Crippen LogP contribution >= 0.6 is 22.9 Å². The highest BCUT2D eigenvalue weighted by Gasteiger charge is 2.15. The van der Waals surface area contributed by atoms with Crippen molar-refractivity contribution < 1.29 is 9.90 Å². The lowest BCUT2D eigenvalue weighted by Crippen LogP contribution is -2.12. The van der Waals surface area contributed by atoms with Crippen LogP contribution in [0.5, 0.6) is 5.75 Å². The van der Waals surface area contributed by atoms with Crippen molar-refractivity contribution in [2.75, 3.05) is 5.32 Å². The van der Waals surface area contributed by atoms with E-state index < -0.39 is 5.91 Å². The van der Waals surface area contributed by atoms with Gasteiger partial charge in [-0.15, -0.1) is 10.2 Å². The number of amides is 1. The van der Waals surface area contributed by atoms with E-state index in [1.165, 1.54) is 23.5 Å². The quantitative estimate of drug-likeness (QED) is 0.682. The van der Waals surface area contributed by atoms with Gasteiger partial charge in [0.1, 0.15) is 16.5 Å². The summed E-state index contributed by atoms with van der Waals surface area (Å²) in [6.07, 6.45) is 0. The Morgan fingerprint density at radius 2 is 2.18 bits per heavy atom. The summed E-state index contributed by atoms with van der Waals surface area (Å²) in [7, 11) is 0. The van der Waals surface area contributed by atoms with Crippen LogP contribution in [0.1, 0.15) is 15.5 Å². The Balaban J connectivity index is 1.84. The molecule has 0 unspecified atom stereocenters. The number of aromatic hydroxyl groups is 1. The van der Waals surface area contributed by atoms with Crippen molar-refractivity contribution in [1.29, 1.82) is 0 Å². The Bertz CT molecular complexity index is 845. The summed E-state index contributed by atoms with van der Waals surface area (Å²) in [5.41, 5.74) is 1.09. The molecule has 3 rings (SSSR count). The van der Waals surface area contributed by atoms with Gasteiger partial charge in [-0.3, -0.25) is 15.2 Å². The monoisotopic (exact) mass is 335 g/mol. The lowest BCUT2D eigenvalue weighted by atomic mass is 10.1. The number of phenols is 1. The zero-order valence-corrected chi connectivity index (χ0v) is 12.9. The number of rotatable bonds is 3. The van der Waals surface area contributed by atoms with Crippen LogP contribution in [0, 0.1) is 6.92 Å². The average molecular weight is 336 g/mol. The molecule has 0 saturated carbocycles. The number of halogens is 1. The van der Waals surface area contributed by atoms with Crippen LogP contribution in [0.3, 0.4) is 0 Å². The summed E-state index contributed by atoms with van der Waals surface area (Å²) < 4.78 is 0. The fraction of sp³-hybridized carbons (Fsp3) is 0.0769. The topological polar surface area (TPSA) is 104 Å². The molecule has 3 N–H and O–H groups in total. The van der Waals surface area contributed by atoms with Crippen molar-refractivity contribution in [3.05, 3.63) is 40.0 Å². The minimum atomic E-state index is -0.392. The lowest BCUT2D eigenvalue weighted by Gasteiger charge is -2.00. The Kier molecular flexibility index (Phi) is 3.78. The molecular formula is C13H10ClN5O2S. The Morgan fingerprint density at radius 3 is 2.91 bits per heavy atom. The van der Waals surface area contributed by atoms with Gasteiger partial charge in [0.2, 0.25) is 5.13 Å². The minimum absolute atomic E-state index is 0.0302. The van der Waals surface area contributed by atoms with Gasteiger partial charge >= 0.3 is 0 Å². The average Bonchev–Trinajstić information content (AvgIpc) is 3.11. The highest BCUT2D eigenvalue weighted by molar-refractivity contribution is 7.15. The summed E-state index contributed by atoms with van der Waals surface area (Å²) in [6.45, 7) is 1.80. The predicted molar refractivity (Wildman–Crippen MR) is 83.3 cm³/mol. The summed E-state index contributed by atoms with van der Waals surface area (Å²) in [4.78, 5) is 12.1. The van der Waals surface area contributed by atoms with Crippen LogP contribution in [-0.2, 0) is 0 Å². The van der Waals surface area contributed by atoms with E-state index in [-0.39, 0.29) is 11.4 Å². The molecule has 2 heterocycles. The maximum Gasteiger partial charge on any atom is 0.275 e. The number of aromatic amines is 1. The number of aromatic nitrogens is 4. The smallest absolute Gasteiger partial charge is 0.275 e. The molecule has 0 saturated heterocycles. The second-order valence-corrected chi connectivity index (χ2v) is 6.03. The normalized spacial score (nSPS) is 10.6. The predicted octanol–water partition coefficient (Wildman–Crippen LogP) is 2.85. The van der Waals surface area contributed by atoms with Gasteiger partial charge in [-0.2, -0.15) is 5.10 Å². The first-order valence-electron chi connectivity index (χ1n) is 6.18. The van der Waals surface area contributed by atoms with Crippen LogP contribution in [0.25, 0.3) is 11.3 Å². The molecule has 0 atom stereocenters. The van der Waals surface area contributed by atoms with Gasteiger partial charge < -0.3 is 5.11 Å². The first-order valence-corrected chi connectivity index (χ1v) is 7.38. The second kappa shape index (κ2) is 5.74. The van der Waals surface area contributed by atoms with Crippen molar-refractivity contribution in [1.82, 2.24) is 20.4 Å². The molecule has 0 fully saturated rings. The Labute approximate surface area is 134 Å². The molecule has 22 heavy (non-hydrogen) atoms. The molecule has 0 radical (unpaired) electrons. The number of H-pyrrole nitrogens is 1. The van der Waals surface area contributed by atoms with Crippen LogP contribution in [0.4, 0.5) is 5.13 Å². The first kappa shape index (κ1) is 14.5. The lowest BCUT2D eigenvalue weighted by molar-refractivity contribution is 0.102. The van der Waals surface area contributed by atoms with E-state index in [1.54, 1.807) is 19.1 Å². The van der Waals surface area contributed by atoms with E-state index in [2.05, 4.69) is 25.7 Å². The van der Waals surface area contributed by atoms with E-state index in [4.69, 9.17) is 11.6 Å². The van der Waals surface area contributed by atoms with E-state index in [9.17, 15) is 9.90 Å². The molecule has 1 amide bonds. The van der Waals surface area contributed by atoms with Gasteiger partial charge in [0.15, 0.2) is 0 Å². The molecule has 0 aliphatic rings. The van der Waals surface area contributed by atoms with E-state index >= 15 is 0 Å². The Morgan fingerprint density at radius 1 is 1.36 bits per heavy atom. The standard InChI is InChI=1S/C13H10ClN5O2S/c1-6-16-19-13(22-6)15-12(21)10-5-9(17-18-10)8-4-7(14)2-3-11(8)20/h2-5,20H,1H3,(H,17,18)(H,15,19,21). The highest BCUT2D eigenvalue weighted by atomic mass is 35.5. The molecule has 7 nitrogen and oxygen atoms in total. The largest absolute Gasteiger partial charge is 0.507 e. The highest BCUT2D eigenvalue weighted by Crippen LogP contribution is 2.30. The van der Waals surface area contributed by atoms with Crippen LogP contribution < -0.4 is 5.32 Å². The number of hydrogen-bond acceptors (Lipinski definition) is 6. The number of nitrogens with one attached hydrogen (secondary N) is 2. The molecule has 112 valence electrons. The number of carbonyl (C=O) groups excluding carboxylic acids is 1. The second-order valence-electron chi connectivity index (χ2n) is 4.41. The summed E-state index contributed by atoms with van der Waals surface area (Å²) >= 11 is 7.18. The van der Waals surface area contributed by atoms with Crippen molar-refractivity contribution in [3.63, 3.8) is 0 Å². The van der Waals surface area contributed by atoms with Crippen molar-refractivity contribution >= 4 is 34.0 Å². The number of carbonyl (C=O) groups is 1. The van der Waals surface area contributed by atoms with Gasteiger partial charge in [-0.1, -0.05) is 22.9 Å². The number of nitrogens with zero attached hydrogens (tertiary/aromatic N) is 3. The van der Waals surface area contributed by atoms with Crippen LogP contribution in [0.15, 0.2) is 24.3 Å². The first-order chi connectivity index (χ1) is 10.5.